The van der Waals surface area contributed by atoms with Crippen LogP contribution in [0, 0.1) is 0 Å². The van der Waals surface area contributed by atoms with Crippen molar-refractivity contribution < 1.29 is 17.9 Å². The highest BCUT2D eigenvalue weighted by Gasteiger charge is 2.25. The Bertz CT molecular complexity index is 894. The van der Waals surface area contributed by atoms with Crippen LogP contribution in [0.25, 0.3) is 0 Å². The molecule has 0 unspecified atom stereocenters. The summed E-state index contributed by atoms with van der Waals surface area (Å²) in [7, 11) is -1.84. The summed E-state index contributed by atoms with van der Waals surface area (Å²) in [6.07, 6.45) is 1.16. The number of rotatable bonds is 8. The van der Waals surface area contributed by atoms with Crippen molar-refractivity contribution in [2.45, 2.75) is 38.8 Å². The van der Waals surface area contributed by atoms with E-state index in [0.717, 1.165) is 11.8 Å². The number of nitrogens with one attached hydrogen (secondary N) is 1. The van der Waals surface area contributed by atoms with Gasteiger partial charge in [-0.2, -0.15) is 0 Å². The standard InChI is InChI=1S/C21H28N2O4S/c1-16(20(24)22-21(2,3)15-17-9-7-6-8-10-17)27-19-13-11-18(12-14-19)23(4)28(5,25)26/h6-14,16H,15H2,1-5H3,(H,22,24)/t16-/m0/s1. The van der Waals surface area contributed by atoms with Gasteiger partial charge in [0.05, 0.1) is 11.9 Å². The summed E-state index contributed by atoms with van der Waals surface area (Å²) in [5, 5.41) is 3.02. The summed E-state index contributed by atoms with van der Waals surface area (Å²) in [6, 6.07) is 16.6. The van der Waals surface area contributed by atoms with Gasteiger partial charge in [-0.15, -0.1) is 0 Å². The average molecular weight is 405 g/mol. The minimum absolute atomic E-state index is 0.210. The Hall–Kier alpha value is -2.54. The molecule has 0 spiro atoms. The van der Waals surface area contributed by atoms with Gasteiger partial charge in [-0.1, -0.05) is 30.3 Å². The minimum Gasteiger partial charge on any atom is -0.481 e. The van der Waals surface area contributed by atoms with E-state index in [4.69, 9.17) is 4.74 Å². The van der Waals surface area contributed by atoms with Crippen molar-refractivity contribution in [2.24, 2.45) is 0 Å². The Morgan fingerprint density at radius 2 is 1.68 bits per heavy atom. The molecule has 28 heavy (non-hydrogen) atoms. The van der Waals surface area contributed by atoms with E-state index in [9.17, 15) is 13.2 Å². The Kier molecular flexibility index (Phi) is 6.72. The molecule has 0 saturated heterocycles. The predicted octanol–water partition coefficient (Wildman–Crippen LogP) is 2.99. The molecule has 0 heterocycles. The van der Waals surface area contributed by atoms with Gasteiger partial charge in [0.2, 0.25) is 10.0 Å². The molecule has 2 aromatic carbocycles. The number of ether oxygens (including phenoxy) is 1. The van der Waals surface area contributed by atoms with Gasteiger partial charge in [-0.05, 0) is 57.0 Å². The number of anilines is 1. The predicted molar refractivity (Wildman–Crippen MR) is 112 cm³/mol. The first-order valence-electron chi connectivity index (χ1n) is 9.04. The van der Waals surface area contributed by atoms with Crippen LogP contribution in [0.4, 0.5) is 5.69 Å². The second-order valence-corrected chi connectivity index (χ2v) is 9.53. The maximum atomic E-state index is 12.5. The lowest BCUT2D eigenvalue weighted by atomic mass is 9.94. The van der Waals surface area contributed by atoms with E-state index < -0.39 is 21.7 Å². The summed E-state index contributed by atoms with van der Waals surface area (Å²) in [4.78, 5) is 12.5. The summed E-state index contributed by atoms with van der Waals surface area (Å²) in [5.41, 5.74) is 1.25. The zero-order valence-corrected chi connectivity index (χ0v) is 17.8. The summed E-state index contributed by atoms with van der Waals surface area (Å²) >= 11 is 0. The van der Waals surface area contributed by atoms with E-state index >= 15 is 0 Å². The molecular formula is C21H28N2O4S. The van der Waals surface area contributed by atoms with Gasteiger partial charge in [0.15, 0.2) is 6.10 Å². The zero-order chi connectivity index (χ0) is 20.9. The van der Waals surface area contributed by atoms with E-state index in [-0.39, 0.29) is 5.91 Å². The highest BCUT2D eigenvalue weighted by molar-refractivity contribution is 7.92. The Morgan fingerprint density at radius 1 is 1.11 bits per heavy atom. The second-order valence-electron chi connectivity index (χ2n) is 7.52. The van der Waals surface area contributed by atoms with Crippen LogP contribution >= 0.6 is 0 Å². The van der Waals surface area contributed by atoms with Gasteiger partial charge >= 0.3 is 0 Å². The molecule has 2 aromatic rings. The lowest BCUT2D eigenvalue weighted by molar-refractivity contribution is -0.128. The summed E-state index contributed by atoms with van der Waals surface area (Å²) in [6.45, 7) is 5.63. The summed E-state index contributed by atoms with van der Waals surface area (Å²) in [5.74, 6) is 0.285. The fraction of sp³-hybridized carbons (Fsp3) is 0.381. The molecule has 0 aliphatic heterocycles. The number of nitrogens with zero attached hydrogens (tertiary/aromatic N) is 1. The minimum atomic E-state index is -3.32. The molecule has 0 fully saturated rings. The first-order valence-corrected chi connectivity index (χ1v) is 10.9. The lowest BCUT2D eigenvalue weighted by Crippen LogP contribution is -2.49. The molecule has 1 N–H and O–H groups in total. The van der Waals surface area contributed by atoms with E-state index in [1.165, 1.54) is 11.4 Å². The number of hydrogen-bond acceptors (Lipinski definition) is 4. The maximum Gasteiger partial charge on any atom is 0.261 e. The molecule has 1 amide bonds. The van der Waals surface area contributed by atoms with Crippen LogP contribution in [-0.2, 0) is 21.2 Å². The van der Waals surface area contributed by atoms with E-state index in [1.54, 1.807) is 31.2 Å². The van der Waals surface area contributed by atoms with Crippen molar-refractivity contribution in [1.82, 2.24) is 5.32 Å². The number of carbonyl (C=O) groups excluding carboxylic acids is 1. The molecule has 0 aromatic heterocycles. The van der Waals surface area contributed by atoms with Gasteiger partial charge in [0.1, 0.15) is 5.75 Å². The molecule has 152 valence electrons. The molecule has 0 bridgehead atoms. The topological polar surface area (TPSA) is 75.7 Å². The lowest BCUT2D eigenvalue weighted by Gasteiger charge is -2.28. The van der Waals surface area contributed by atoms with Gasteiger partial charge in [-0.25, -0.2) is 8.42 Å². The first kappa shape index (κ1) is 21.8. The highest BCUT2D eigenvalue weighted by Crippen LogP contribution is 2.21. The molecule has 0 aliphatic carbocycles. The molecule has 2 rings (SSSR count). The quantitative estimate of drug-likeness (QED) is 0.734. The van der Waals surface area contributed by atoms with Crippen LogP contribution in [0.5, 0.6) is 5.75 Å². The third-order valence-corrected chi connectivity index (χ3v) is 5.54. The smallest absolute Gasteiger partial charge is 0.261 e. The molecule has 7 heteroatoms. The molecule has 0 aliphatic rings. The van der Waals surface area contributed by atoms with Crippen molar-refractivity contribution in [3.05, 3.63) is 60.2 Å². The van der Waals surface area contributed by atoms with Gasteiger partial charge in [-0.3, -0.25) is 9.10 Å². The zero-order valence-electron chi connectivity index (χ0n) is 17.0. The van der Waals surface area contributed by atoms with Gasteiger partial charge in [0.25, 0.3) is 5.91 Å². The van der Waals surface area contributed by atoms with Crippen LogP contribution in [0.15, 0.2) is 54.6 Å². The summed E-state index contributed by atoms with van der Waals surface area (Å²) < 4.78 is 30.1. The van der Waals surface area contributed by atoms with Crippen LogP contribution in [-0.4, -0.2) is 39.3 Å². The molecular weight excluding hydrogens is 376 g/mol. The highest BCUT2D eigenvalue weighted by atomic mass is 32.2. The van der Waals surface area contributed by atoms with Crippen molar-refractivity contribution in [3.63, 3.8) is 0 Å². The average Bonchev–Trinajstić information content (AvgIpc) is 2.61. The first-order chi connectivity index (χ1) is 13.0. The molecule has 0 radical (unpaired) electrons. The fourth-order valence-electron chi connectivity index (χ4n) is 2.77. The number of amides is 1. The number of hydrogen-bond donors (Lipinski definition) is 1. The van der Waals surface area contributed by atoms with Crippen LogP contribution in [0.3, 0.4) is 0 Å². The van der Waals surface area contributed by atoms with Crippen molar-refractivity contribution in [3.8, 4) is 5.75 Å². The third-order valence-electron chi connectivity index (χ3n) is 4.33. The van der Waals surface area contributed by atoms with E-state index in [0.29, 0.717) is 17.9 Å². The fourth-order valence-corrected chi connectivity index (χ4v) is 3.27. The largest absolute Gasteiger partial charge is 0.481 e. The van der Waals surface area contributed by atoms with Gasteiger partial charge < -0.3 is 10.1 Å². The molecule has 0 saturated carbocycles. The van der Waals surface area contributed by atoms with E-state index in [1.807, 2.05) is 44.2 Å². The van der Waals surface area contributed by atoms with Crippen LogP contribution < -0.4 is 14.4 Å². The third kappa shape index (κ3) is 6.27. The molecule has 1 atom stereocenters. The van der Waals surface area contributed by atoms with Crippen molar-refractivity contribution in [2.75, 3.05) is 17.6 Å². The Morgan fingerprint density at radius 3 is 2.21 bits per heavy atom. The number of sulfonamides is 1. The normalized spacial score (nSPS) is 12.9. The van der Waals surface area contributed by atoms with Crippen molar-refractivity contribution in [1.29, 1.82) is 0 Å². The van der Waals surface area contributed by atoms with Crippen molar-refractivity contribution >= 4 is 21.6 Å². The number of carbonyl (C=O) groups is 1. The SMILES string of the molecule is C[C@H](Oc1ccc(N(C)S(C)(=O)=O)cc1)C(=O)NC(C)(C)Cc1ccccc1. The Balaban J connectivity index is 1.96. The van der Waals surface area contributed by atoms with Crippen LogP contribution in [0.2, 0.25) is 0 Å². The number of benzene rings is 2. The molecule has 6 nitrogen and oxygen atoms in total. The monoisotopic (exact) mass is 404 g/mol. The second kappa shape index (κ2) is 8.65. The van der Waals surface area contributed by atoms with E-state index in [2.05, 4.69) is 5.32 Å². The Labute approximate surface area is 167 Å². The van der Waals surface area contributed by atoms with Gasteiger partial charge in [0, 0.05) is 12.6 Å². The van der Waals surface area contributed by atoms with Crippen LogP contribution in [0.1, 0.15) is 26.3 Å². The maximum absolute atomic E-state index is 12.5.